The molecule has 2 unspecified atom stereocenters. The second kappa shape index (κ2) is 19.9. The number of phenolic OH excluding ortho intramolecular Hbond substituents is 1. The van der Waals surface area contributed by atoms with Crippen LogP contribution in [0.25, 0.3) is 6.08 Å². The van der Waals surface area contributed by atoms with E-state index in [1.54, 1.807) is 30.3 Å². The van der Waals surface area contributed by atoms with E-state index in [0.29, 0.717) is 12.2 Å². The van der Waals surface area contributed by atoms with Gasteiger partial charge in [-0.05, 0) is 59.6 Å². The molecule has 2 atom stereocenters. The van der Waals surface area contributed by atoms with Gasteiger partial charge in [-0.2, -0.15) is 0 Å². The van der Waals surface area contributed by atoms with Crippen molar-refractivity contribution in [2.24, 2.45) is 0 Å². The maximum atomic E-state index is 9.89. The van der Waals surface area contributed by atoms with E-state index in [1.165, 1.54) is 19.2 Å². The predicted molar refractivity (Wildman–Crippen MR) is 178 cm³/mol. The number of aldehydes is 1. The number of nitrogens with zero attached hydrogens (tertiary/aromatic N) is 1. The van der Waals surface area contributed by atoms with Crippen LogP contribution in [0.4, 0.5) is 0 Å². The van der Waals surface area contributed by atoms with Gasteiger partial charge in [0.2, 0.25) is 0 Å². The number of aromatic hydroxyl groups is 1. The van der Waals surface area contributed by atoms with Crippen LogP contribution in [0.15, 0.2) is 109 Å². The summed E-state index contributed by atoms with van der Waals surface area (Å²) in [5.41, 5.74) is 4.91. The molecule has 8 nitrogen and oxygen atoms in total. The van der Waals surface area contributed by atoms with Crippen LogP contribution in [0, 0.1) is 0 Å². The van der Waals surface area contributed by atoms with Crippen LogP contribution in [0.1, 0.15) is 40.2 Å². The highest BCUT2D eigenvalue weighted by molar-refractivity contribution is 5.73. The number of carbonyl (C=O) groups is 1. The second-order valence-corrected chi connectivity index (χ2v) is 10.6. The van der Waals surface area contributed by atoms with Gasteiger partial charge in [0.1, 0.15) is 17.8 Å². The number of hydrogen-bond acceptors (Lipinski definition) is 8. The number of likely N-dealkylation sites (N-methyl/N-ethyl adjacent to an activating group) is 1. The van der Waals surface area contributed by atoms with Crippen LogP contribution >= 0.6 is 0 Å². The Kier molecular flexibility index (Phi) is 15.5. The number of hydrogen-bond donors (Lipinski definition) is 5. The molecule has 8 heteroatoms. The van der Waals surface area contributed by atoms with Crippen molar-refractivity contribution in [1.82, 2.24) is 10.2 Å². The lowest BCUT2D eigenvalue weighted by Gasteiger charge is -2.30. The largest absolute Gasteiger partial charge is 0.508 e. The average Bonchev–Trinajstić information content (AvgIpc) is 3.09. The first kappa shape index (κ1) is 35.2. The van der Waals surface area contributed by atoms with Gasteiger partial charge >= 0.3 is 0 Å². The van der Waals surface area contributed by atoms with Gasteiger partial charge in [-0.25, -0.2) is 0 Å². The zero-order chi connectivity index (χ0) is 32.3. The van der Waals surface area contributed by atoms with E-state index in [2.05, 4.69) is 29.4 Å². The Balaban J connectivity index is 0.000000179. The first-order valence-corrected chi connectivity index (χ1v) is 15.0. The zero-order valence-electron chi connectivity index (χ0n) is 25.7. The molecule has 238 valence electrons. The molecule has 0 aliphatic carbocycles. The number of carbonyl (C=O) groups excluding carboxylic acids is 1. The third-order valence-electron chi connectivity index (χ3n) is 7.16. The molecule has 0 aromatic heterocycles. The lowest BCUT2D eigenvalue weighted by Crippen LogP contribution is -2.40. The van der Waals surface area contributed by atoms with E-state index in [-0.39, 0.29) is 24.9 Å². The van der Waals surface area contributed by atoms with Crippen molar-refractivity contribution in [2.45, 2.75) is 31.8 Å². The Morgan fingerprint density at radius 1 is 0.844 bits per heavy atom. The van der Waals surface area contributed by atoms with Crippen LogP contribution in [-0.2, 0) is 18.0 Å². The van der Waals surface area contributed by atoms with Crippen molar-refractivity contribution in [1.29, 1.82) is 0 Å². The monoisotopic (exact) mass is 612 g/mol. The SMILES string of the molecule is CN1CCNCC1.O=C/C=C/c1ccccc1.OCc1ccc(O)cc1.OCc1ccc2c(c1)C(c1ccccc1)CC(O)O2. The summed E-state index contributed by atoms with van der Waals surface area (Å²) < 4.78 is 5.46. The van der Waals surface area contributed by atoms with E-state index in [9.17, 15) is 15.0 Å². The molecule has 6 rings (SSSR count). The fourth-order valence-electron chi connectivity index (χ4n) is 4.69. The minimum atomic E-state index is -0.780. The number of allylic oxidation sites excluding steroid dienone is 1. The highest BCUT2D eigenvalue weighted by Crippen LogP contribution is 2.40. The highest BCUT2D eigenvalue weighted by atomic mass is 16.6. The average molecular weight is 613 g/mol. The summed E-state index contributed by atoms with van der Waals surface area (Å²) in [6.07, 6.45) is 3.78. The van der Waals surface area contributed by atoms with Crippen LogP contribution < -0.4 is 10.1 Å². The summed E-state index contributed by atoms with van der Waals surface area (Å²) in [6.45, 7) is 4.78. The molecule has 2 heterocycles. The fourth-order valence-corrected chi connectivity index (χ4v) is 4.69. The molecule has 0 saturated carbocycles. The summed E-state index contributed by atoms with van der Waals surface area (Å²) in [4.78, 5) is 12.2. The lowest BCUT2D eigenvalue weighted by molar-refractivity contribution is -0.104. The molecule has 0 radical (unpaired) electrons. The van der Waals surface area contributed by atoms with Gasteiger partial charge in [0.25, 0.3) is 0 Å². The zero-order valence-corrected chi connectivity index (χ0v) is 25.7. The van der Waals surface area contributed by atoms with Gasteiger partial charge in [-0.3, -0.25) is 4.79 Å². The first-order chi connectivity index (χ1) is 21.9. The molecule has 2 aliphatic heterocycles. The predicted octanol–water partition coefficient (Wildman–Crippen LogP) is 4.72. The molecule has 4 aromatic rings. The number of aliphatic hydroxyl groups is 3. The van der Waals surface area contributed by atoms with Gasteiger partial charge in [-0.15, -0.1) is 0 Å². The van der Waals surface area contributed by atoms with Gasteiger partial charge in [0, 0.05) is 44.1 Å². The number of ether oxygens (including phenoxy) is 1. The van der Waals surface area contributed by atoms with Crippen molar-refractivity contribution in [3.8, 4) is 11.5 Å². The fraction of sp³-hybridized carbons (Fsp3) is 0.270. The molecule has 1 fully saturated rings. The molecular weight excluding hydrogens is 568 g/mol. The van der Waals surface area contributed by atoms with Crippen LogP contribution in [-0.4, -0.2) is 71.1 Å². The van der Waals surface area contributed by atoms with Crippen LogP contribution in [0.5, 0.6) is 11.5 Å². The van der Waals surface area contributed by atoms with Gasteiger partial charge in [-0.1, -0.05) is 84.9 Å². The second-order valence-electron chi connectivity index (χ2n) is 10.6. The Labute approximate surface area is 265 Å². The molecule has 4 aromatic carbocycles. The molecule has 5 N–H and O–H groups in total. The maximum absolute atomic E-state index is 9.89. The number of piperazine rings is 1. The third-order valence-corrected chi connectivity index (χ3v) is 7.16. The molecule has 2 aliphatic rings. The van der Waals surface area contributed by atoms with E-state index in [0.717, 1.165) is 47.2 Å². The normalized spacial score (nSPS) is 17.2. The topological polar surface area (TPSA) is 122 Å². The van der Waals surface area contributed by atoms with Gasteiger partial charge < -0.3 is 35.4 Å². The summed E-state index contributed by atoms with van der Waals surface area (Å²) in [5.74, 6) is 1.03. The molecule has 45 heavy (non-hydrogen) atoms. The summed E-state index contributed by atoms with van der Waals surface area (Å²) in [6, 6.07) is 31.8. The molecule has 0 spiro atoms. The van der Waals surface area contributed by atoms with Crippen molar-refractivity contribution in [3.05, 3.63) is 137 Å². The van der Waals surface area contributed by atoms with E-state index in [1.807, 2.05) is 66.7 Å². The summed E-state index contributed by atoms with van der Waals surface area (Å²) >= 11 is 0. The van der Waals surface area contributed by atoms with Crippen molar-refractivity contribution < 1.29 is 30.0 Å². The van der Waals surface area contributed by atoms with E-state index < -0.39 is 6.29 Å². The molecule has 0 bridgehead atoms. The van der Waals surface area contributed by atoms with Gasteiger partial charge in [0.15, 0.2) is 6.29 Å². The molecular formula is C37H44N2O6. The number of aliphatic hydroxyl groups excluding tert-OH is 3. The number of rotatable bonds is 5. The Morgan fingerprint density at radius 2 is 1.44 bits per heavy atom. The highest BCUT2D eigenvalue weighted by Gasteiger charge is 2.28. The smallest absolute Gasteiger partial charge is 0.198 e. The first-order valence-electron chi connectivity index (χ1n) is 15.0. The number of benzene rings is 4. The Morgan fingerprint density at radius 3 is 2.00 bits per heavy atom. The van der Waals surface area contributed by atoms with Crippen LogP contribution in [0.2, 0.25) is 0 Å². The molecule has 0 amide bonds. The number of nitrogens with one attached hydrogen (secondary N) is 1. The van der Waals surface area contributed by atoms with Crippen molar-refractivity contribution >= 4 is 12.4 Å². The maximum Gasteiger partial charge on any atom is 0.198 e. The summed E-state index contributed by atoms with van der Waals surface area (Å²) in [7, 11) is 2.15. The van der Waals surface area contributed by atoms with E-state index in [4.69, 9.17) is 14.9 Å². The van der Waals surface area contributed by atoms with E-state index >= 15 is 0 Å². The van der Waals surface area contributed by atoms with Crippen molar-refractivity contribution in [2.75, 3.05) is 33.2 Å². The number of fused-ring (bicyclic) bond motifs is 1. The van der Waals surface area contributed by atoms with Crippen LogP contribution in [0.3, 0.4) is 0 Å². The third kappa shape index (κ3) is 12.7. The van der Waals surface area contributed by atoms with Crippen molar-refractivity contribution in [3.63, 3.8) is 0 Å². The Hall–Kier alpha value is -4.31. The lowest BCUT2D eigenvalue weighted by atomic mass is 9.85. The van der Waals surface area contributed by atoms with Gasteiger partial charge in [0.05, 0.1) is 13.2 Å². The quantitative estimate of drug-likeness (QED) is 0.162. The minimum absolute atomic E-state index is 0.0113. The summed E-state index contributed by atoms with van der Waals surface area (Å²) in [5, 5.41) is 39.7. The molecule has 1 saturated heterocycles. The standard InChI is InChI=1S/C16H16O3.C9H8O.C7H8O2.C5H12N2/c17-10-11-6-7-15-14(8-11)13(9-16(18)19-15)12-4-2-1-3-5-12;10-8-4-7-9-5-2-1-3-6-9;8-5-6-1-3-7(9)4-2-6;1-7-4-2-6-3-5-7/h1-8,13,16-18H,9-10H2;1-8H;1-4,8-9H,5H2;6H,2-5H2,1H3/b;7-4+;;. The number of phenols is 1. The Bertz CT molecular complexity index is 1410. The minimum Gasteiger partial charge on any atom is -0.508 e.